The molecule has 0 saturated heterocycles. The van der Waals surface area contributed by atoms with Gasteiger partial charge in [0.05, 0.1) is 17.6 Å². The first-order valence-electron chi connectivity index (χ1n) is 6.44. The molecule has 2 rings (SSSR count). The molecule has 2 N–H and O–H groups in total. The molecule has 0 amide bonds. The van der Waals surface area contributed by atoms with Crippen LogP contribution in [0.25, 0.3) is 0 Å². The van der Waals surface area contributed by atoms with Crippen LogP contribution in [0.2, 0.25) is 0 Å². The number of carbonyl (C=O) groups is 1. The Bertz CT molecular complexity index is 582. The van der Waals surface area contributed by atoms with E-state index in [4.69, 9.17) is 0 Å². The zero-order valence-corrected chi connectivity index (χ0v) is 12.1. The predicted molar refractivity (Wildman–Crippen MR) is 74.0 cm³/mol. The van der Waals surface area contributed by atoms with E-state index in [1.54, 1.807) is 0 Å². The van der Waals surface area contributed by atoms with E-state index in [0.717, 1.165) is 12.8 Å². The quantitative estimate of drug-likeness (QED) is 0.566. The maximum absolute atomic E-state index is 12.1. The third-order valence-electron chi connectivity index (χ3n) is 2.99. The molecule has 0 radical (unpaired) electrons. The number of ether oxygens (including phenoxy) is 1. The van der Waals surface area contributed by atoms with Crippen molar-refractivity contribution in [1.82, 2.24) is 10.0 Å². The zero-order valence-electron chi connectivity index (χ0n) is 11.3. The Hall–Kier alpha value is -1.44. The van der Waals surface area contributed by atoms with E-state index < -0.39 is 16.0 Å². The smallest absolute Gasteiger partial charge is 0.337 e. The van der Waals surface area contributed by atoms with Crippen LogP contribution >= 0.6 is 0 Å². The van der Waals surface area contributed by atoms with Crippen LogP contribution in [0, 0.1) is 0 Å². The van der Waals surface area contributed by atoms with Crippen LogP contribution in [0.15, 0.2) is 29.2 Å². The van der Waals surface area contributed by atoms with Crippen molar-refractivity contribution in [2.45, 2.75) is 23.8 Å². The van der Waals surface area contributed by atoms with Gasteiger partial charge >= 0.3 is 5.97 Å². The number of sulfonamides is 1. The molecule has 1 aliphatic rings. The maximum atomic E-state index is 12.1. The van der Waals surface area contributed by atoms with Gasteiger partial charge in [-0.15, -0.1) is 0 Å². The molecule has 7 heteroatoms. The van der Waals surface area contributed by atoms with E-state index in [0.29, 0.717) is 19.1 Å². The molecule has 0 atom stereocenters. The Morgan fingerprint density at radius 1 is 1.35 bits per heavy atom. The normalized spacial score (nSPS) is 15.1. The molecule has 110 valence electrons. The molecule has 0 bridgehead atoms. The summed E-state index contributed by atoms with van der Waals surface area (Å²) in [6, 6.07) is 6.33. The molecule has 0 aromatic heterocycles. The van der Waals surface area contributed by atoms with Crippen LogP contribution in [-0.4, -0.2) is 40.6 Å². The van der Waals surface area contributed by atoms with Gasteiger partial charge in [0.1, 0.15) is 0 Å². The fraction of sp³-hybridized carbons (Fsp3) is 0.462. The Morgan fingerprint density at radius 2 is 2.10 bits per heavy atom. The summed E-state index contributed by atoms with van der Waals surface area (Å²) in [5, 5.41) is 3.22. The average Bonchev–Trinajstić information content (AvgIpc) is 3.27. The molecule has 1 aromatic carbocycles. The summed E-state index contributed by atoms with van der Waals surface area (Å²) in [5.41, 5.74) is 0.214. The third-order valence-corrected chi connectivity index (χ3v) is 4.45. The molecular weight excluding hydrogens is 280 g/mol. The lowest BCUT2D eigenvalue weighted by Gasteiger charge is -2.08. The molecule has 6 nitrogen and oxygen atoms in total. The average molecular weight is 298 g/mol. The molecule has 0 aliphatic heterocycles. The molecule has 1 aromatic rings. The topological polar surface area (TPSA) is 84.5 Å². The fourth-order valence-electron chi connectivity index (χ4n) is 1.74. The minimum absolute atomic E-state index is 0.0619. The van der Waals surface area contributed by atoms with Gasteiger partial charge in [-0.25, -0.2) is 17.9 Å². The molecular formula is C13H18N2O4S. The first-order chi connectivity index (χ1) is 9.53. The lowest BCUT2D eigenvalue weighted by molar-refractivity contribution is 0.0600. The fourth-order valence-corrected chi connectivity index (χ4v) is 2.82. The number of carbonyl (C=O) groups excluding carboxylic acids is 1. The molecule has 0 spiro atoms. The zero-order chi connectivity index (χ0) is 14.6. The first kappa shape index (κ1) is 15.0. The van der Waals surface area contributed by atoms with Crippen molar-refractivity contribution in [3.63, 3.8) is 0 Å². The Balaban J connectivity index is 1.98. The summed E-state index contributed by atoms with van der Waals surface area (Å²) in [4.78, 5) is 11.4. The van der Waals surface area contributed by atoms with Crippen LogP contribution in [-0.2, 0) is 14.8 Å². The number of hydrogen-bond acceptors (Lipinski definition) is 5. The molecule has 20 heavy (non-hydrogen) atoms. The molecule has 0 heterocycles. The van der Waals surface area contributed by atoms with Gasteiger partial charge in [-0.2, -0.15) is 0 Å². The van der Waals surface area contributed by atoms with E-state index in [2.05, 4.69) is 14.8 Å². The van der Waals surface area contributed by atoms with Gasteiger partial charge in [0.2, 0.25) is 10.0 Å². The maximum Gasteiger partial charge on any atom is 0.337 e. The second kappa shape index (κ2) is 6.34. The number of esters is 1. The number of nitrogens with one attached hydrogen (secondary N) is 2. The summed E-state index contributed by atoms with van der Waals surface area (Å²) in [5.74, 6) is -0.558. The van der Waals surface area contributed by atoms with Gasteiger partial charge in [0.15, 0.2) is 0 Å². The molecule has 1 saturated carbocycles. The number of rotatable bonds is 7. The van der Waals surface area contributed by atoms with Crippen molar-refractivity contribution >= 4 is 16.0 Å². The second-order valence-corrected chi connectivity index (χ2v) is 6.41. The molecule has 1 aliphatic carbocycles. The van der Waals surface area contributed by atoms with Crippen molar-refractivity contribution in [3.05, 3.63) is 29.8 Å². The van der Waals surface area contributed by atoms with E-state index in [-0.39, 0.29) is 10.5 Å². The number of methoxy groups -OCH3 is 1. The Kier molecular flexibility index (Phi) is 4.74. The van der Waals surface area contributed by atoms with Crippen molar-refractivity contribution < 1.29 is 17.9 Å². The van der Waals surface area contributed by atoms with Crippen LogP contribution in [0.3, 0.4) is 0 Å². The lowest BCUT2D eigenvalue weighted by atomic mass is 10.2. The minimum atomic E-state index is -3.60. The van der Waals surface area contributed by atoms with Gasteiger partial charge < -0.3 is 10.1 Å². The summed E-state index contributed by atoms with van der Waals surface area (Å²) >= 11 is 0. The number of hydrogen-bond donors (Lipinski definition) is 2. The summed E-state index contributed by atoms with van der Waals surface area (Å²) < 4.78 is 31.2. The Morgan fingerprint density at radius 3 is 2.75 bits per heavy atom. The van der Waals surface area contributed by atoms with E-state index in [1.165, 1.54) is 31.4 Å². The van der Waals surface area contributed by atoms with Gasteiger partial charge in [-0.3, -0.25) is 0 Å². The van der Waals surface area contributed by atoms with Crippen LogP contribution < -0.4 is 10.0 Å². The highest BCUT2D eigenvalue weighted by molar-refractivity contribution is 7.89. The predicted octanol–water partition coefficient (Wildman–Crippen LogP) is 0.503. The highest BCUT2D eigenvalue weighted by Crippen LogP contribution is 2.18. The number of benzene rings is 1. The van der Waals surface area contributed by atoms with Crippen molar-refractivity contribution in [2.24, 2.45) is 0 Å². The standard InChI is InChI=1S/C13H18N2O4S/c1-19-13(16)10-3-2-4-12(9-10)20(17,18)15-8-7-14-11-5-6-11/h2-4,9,11,14-15H,5-8H2,1H3. The van der Waals surface area contributed by atoms with Crippen LogP contribution in [0.5, 0.6) is 0 Å². The van der Waals surface area contributed by atoms with E-state index in [9.17, 15) is 13.2 Å². The monoisotopic (exact) mass is 298 g/mol. The van der Waals surface area contributed by atoms with Crippen molar-refractivity contribution in [2.75, 3.05) is 20.2 Å². The minimum Gasteiger partial charge on any atom is -0.465 e. The highest BCUT2D eigenvalue weighted by atomic mass is 32.2. The molecule has 1 fully saturated rings. The highest BCUT2D eigenvalue weighted by Gasteiger charge is 2.20. The van der Waals surface area contributed by atoms with Gasteiger partial charge in [0.25, 0.3) is 0 Å². The summed E-state index contributed by atoms with van der Waals surface area (Å²) in [6.07, 6.45) is 2.32. The molecule has 0 unspecified atom stereocenters. The van der Waals surface area contributed by atoms with Gasteiger partial charge in [-0.05, 0) is 31.0 Å². The Labute approximate surface area is 118 Å². The SMILES string of the molecule is COC(=O)c1cccc(S(=O)(=O)NCCNC2CC2)c1. The van der Waals surface area contributed by atoms with Gasteiger partial charge in [-0.1, -0.05) is 6.07 Å². The second-order valence-electron chi connectivity index (χ2n) is 4.65. The van der Waals surface area contributed by atoms with Crippen LogP contribution in [0.1, 0.15) is 23.2 Å². The lowest BCUT2D eigenvalue weighted by Crippen LogP contribution is -2.32. The van der Waals surface area contributed by atoms with Crippen molar-refractivity contribution in [1.29, 1.82) is 0 Å². The summed E-state index contributed by atoms with van der Waals surface area (Å²) in [7, 11) is -2.34. The van der Waals surface area contributed by atoms with Crippen LogP contribution in [0.4, 0.5) is 0 Å². The third kappa shape index (κ3) is 4.03. The van der Waals surface area contributed by atoms with E-state index in [1.807, 2.05) is 0 Å². The van der Waals surface area contributed by atoms with Crippen molar-refractivity contribution in [3.8, 4) is 0 Å². The summed E-state index contributed by atoms with van der Waals surface area (Å²) in [6.45, 7) is 0.919. The van der Waals surface area contributed by atoms with E-state index >= 15 is 0 Å². The first-order valence-corrected chi connectivity index (χ1v) is 7.92. The largest absolute Gasteiger partial charge is 0.465 e. The van der Waals surface area contributed by atoms with Gasteiger partial charge in [0, 0.05) is 19.1 Å².